The molecule has 1 N–H and O–H groups in total. The van der Waals surface area contributed by atoms with Gasteiger partial charge in [-0.1, -0.05) is 46.8 Å². The molecule has 1 heterocycles. The van der Waals surface area contributed by atoms with Gasteiger partial charge in [0.05, 0.1) is 12.8 Å². The molecule has 0 bridgehead atoms. The number of nitrogens with one attached hydrogen (secondary N) is 1. The van der Waals surface area contributed by atoms with Gasteiger partial charge >= 0.3 is 0 Å². The largest absolute Gasteiger partial charge is 0.493 e. The number of ether oxygens (including phenoxy) is 2. The first kappa shape index (κ1) is 18.7. The van der Waals surface area contributed by atoms with Crippen LogP contribution in [-0.4, -0.2) is 25.5 Å². The molecule has 1 aliphatic rings. The Morgan fingerprint density at radius 2 is 1.93 bits per heavy atom. The molecule has 1 fully saturated rings. The second-order valence-electron chi connectivity index (χ2n) is 5.60. The van der Waals surface area contributed by atoms with Gasteiger partial charge in [-0.25, -0.2) is 5.01 Å². The smallest absolute Gasteiger partial charge is 0.282 e. The van der Waals surface area contributed by atoms with Crippen LogP contribution in [0.1, 0.15) is 5.56 Å². The molecule has 0 spiro atoms. The lowest BCUT2D eigenvalue weighted by Crippen LogP contribution is -2.35. The lowest BCUT2D eigenvalue weighted by atomic mass is 10.1. The summed E-state index contributed by atoms with van der Waals surface area (Å²) < 4.78 is 11.6. The van der Waals surface area contributed by atoms with Gasteiger partial charge in [-0.2, -0.15) is 0 Å². The van der Waals surface area contributed by atoms with E-state index in [-0.39, 0.29) is 5.57 Å². The Labute approximate surface area is 165 Å². The normalized spacial score (nSPS) is 15.0. The minimum absolute atomic E-state index is 0.0290. The summed E-state index contributed by atoms with van der Waals surface area (Å²) in [6.45, 7) is 3.94. The Morgan fingerprint density at radius 3 is 2.59 bits per heavy atom. The topological polar surface area (TPSA) is 67.9 Å². The van der Waals surface area contributed by atoms with Crippen molar-refractivity contribution in [2.75, 3.05) is 18.7 Å². The summed E-state index contributed by atoms with van der Waals surface area (Å²) in [7, 11) is 1.52. The number of methoxy groups -OCH3 is 1. The fourth-order valence-electron chi connectivity index (χ4n) is 2.55. The van der Waals surface area contributed by atoms with Gasteiger partial charge in [0.2, 0.25) is 0 Å². The summed E-state index contributed by atoms with van der Waals surface area (Å²) in [6, 6.07) is 12.3. The van der Waals surface area contributed by atoms with E-state index in [1.807, 2.05) is 6.07 Å². The first-order valence-electron chi connectivity index (χ1n) is 8.08. The lowest BCUT2D eigenvalue weighted by Gasteiger charge is -2.14. The van der Waals surface area contributed by atoms with E-state index in [0.29, 0.717) is 33.8 Å². The summed E-state index contributed by atoms with van der Waals surface area (Å²) in [5, 5.41) is 1.22. The Morgan fingerprint density at radius 1 is 1.19 bits per heavy atom. The molecule has 0 radical (unpaired) electrons. The van der Waals surface area contributed by atoms with E-state index in [4.69, 9.17) is 9.47 Å². The van der Waals surface area contributed by atoms with Crippen LogP contribution in [0, 0.1) is 0 Å². The van der Waals surface area contributed by atoms with Gasteiger partial charge in [-0.3, -0.25) is 15.0 Å². The van der Waals surface area contributed by atoms with Gasteiger partial charge in [0.25, 0.3) is 11.8 Å². The molecule has 0 aromatic heterocycles. The van der Waals surface area contributed by atoms with Gasteiger partial charge in [-0.15, -0.1) is 0 Å². The van der Waals surface area contributed by atoms with Crippen LogP contribution >= 0.6 is 15.9 Å². The van der Waals surface area contributed by atoms with E-state index < -0.39 is 11.8 Å². The van der Waals surface area contributed by atoms with Crippen molar-refractivity contribution >= 4 is 39.5 Å². The number of carbonyl (C=O) groups is 2. The van der Waals surface area contributed by atoms with Crippen LogP contribution in [0.5, 0.6) is 11.5 Å². The predicted octanol–water partition coefficient (Wildman–Crippen LogP) is 3.48. The highest BCUT2D eigenvalue weighted by atomic mass is 79.9. The third kappa shape index (κ3) is 3.88. The van der Waals surface area contributed by atoms with E-state index >= 15 is 0 Å². The van der Waals surface area contributed by atoms with Crippen molar-refractivity contribution in [2.24, 2.45) is 0 Å². The number of hydrazine groups is 1. The van der Waals surface area contributed by atoms with Crippen molar-refractivity contribution in [1.29, 1.82) is 0 Å². The fraction of sp³-hybridized carbons (Fsp3) is 0.100. The van der Waals surface area contributed by atoms with E-state index in [2.05, 4.69) is 27.9 Å². The minimum Gasteiger partial charge on any atom is -0.493 e. The molecule has 138 valence electrons. The number of hydrogen-bond donors (Lipinski definition) is 1. The van der Waals surface area contributed by atoms with E-state index in [1.54, 1.807) is 42.5 Å². The number of rotatable bonds is 6. The van der Waals surface area contributed by atoms with Crippen LogP contribution in [0.4, 0.5) is 5.69 Å². The summed E-state index contributed by atoms with van der Waals surface area (Å²) in [4.78, 5) is 25.0. The van der Waals surface area contributed by atoms with Crippen LogP contribution in [-0.2, 0) is 9.59 Å². The van der Waals surface area contributed by atoms with Crippen LogP contribution < -0.4 is 19.9 Å². The highest BCUT2D eigenvalue weighted by molar-refractivity contribution is 9.10. The van der Waals surface area contributed by atoms with Crippen LogP contribution in [0.25, 0.3) is 6.08 Å². The average Bonchev–Trinajstić information content (AvgIpc) is 2.96. The van der Waals surface area contributed by atoms with Crippen molar-refractivity contribution in [3.05, 3.63) is 70.7 Å². The monoisotopic (exact) mass is 428 g/mol. The number of benzene rings is 2. The molecule has 7 heteroatoms. The molecule has 0 aliphatic carbocycles. The highest BCUT2D eigenvalue weighted by Crippen LogP contribution is 2.35. The molecule has 27 heavy (non-hydrogen) atoms. The number of hydrogen-bond acceptors (Lipinski definition) is 4. The fourth-order valence-corrected chi connectivity index (χ4v) is 2.99. The Hall–Kier alpha value is -3.06. The highest BCUT2D eigenvalue weighted by Gasteiger charge is 2.34. The first-order valence-corrected chi connectivity index (χ1v) is 8.88. The summed E-state index contributed by atoms with van der Waals surface area (Å²) in [5.41, 5.74) is 3.80. The summed E-state index contributed by atoms with van der Waals surface area (Å²) in [5.74, 6) is 0.114. The van der Waals surface area contributed by atoms with Crippen molar-refractivity contribution in [3.8, 4) is 11.5 Å². The molecule has 2 aromatic carbocycles. The van der Waals surface area contributed by atoms with Crippen LogP contribution in [0.2, 0.25) is 0 Å². The van der Waals surface area contributed by atoms with Gasteiger partial charge in [0, 0.05) is 4.47 Å². The van der Waals surface area contributed by atoms with Crippen LogP contribution in [0.15, 0.2) is 65.2 Å². The van der Waals surface area contributed by atoms with E-state index in [9.17, 15) is 9.59 Å². The second-order valence-corrected chi connectivity index (χ2v) is 6.45. The SMILES string of the molecule is C=CCOc1cc(Br)c(C=C2C(=O)NN(c3ccccc3)C2=O)cc1OC. The van der Waals surface area contributed by atoms with Crippen molar-refractivity contribution in [1.82, 2.24) is 5.43 Å². The quantitative estimate of drug-likeness (QED) is 0.434. The maximum Gasteiger partial charge on any atom is 0.282 e. The number of para-hydroxylation sites is 1. The molecule has 0 unspecified atom stereocenters. The van der Waals surface area contributed by atoms with Crippen molar-refractivity contribution in [2.45, 2.75) is 0 Å². The van der Waals surface area contributed by atoms with Crippen molar-refractivity contribution < 1.29 is 19.1 Å². The first-order chi connectivity index (χ1) is 13.0. The zero-order valence-electron chi connectivity index (χ0n) is 14.6. The van der Waals surface area contributed by atoms with E-state index in [0.717, 1.165) is 0 Å². The van der Waals surface area contributed by atoms with E-state index in [1.165, 1.54) is 18.2 Å². The molecule has 6 nitrogen and oxygen atoms in total. The maximum absolute atomic E-state index is 12.7. The molecule has 1 saturated heterocycles. The number of halogens is 1. The molecular weight excluding hydrogens is 412 g/mol. The second kappa shape index (κ2) is 8.09. The molecule has 2 amide bonds. The van der Waals surface area contributed by atoms with Gasteiger partial charge in [-0.05, 0) is 35.9 Å². The zero-order valence-corrected chi connectivity index (χ0v) is 16.2. The standard InChI is InChI=1S/C20H17BrN2O4/c1-3-9-27-18-12-16(21)13(11-17(18)26-2)10-15-19(24)22-23(20(15)25)14-7-5-4-6-8-14/h3-8,10-12H,1,9H2,2H3,(H,22,24). The molecule has 0 saturated carbocycles. The molecule has 2 aromatic rings. The van der Waals surface area contributed by atoms with Crippen molar-refractivity contribution in [3.63, 3.8) is 0 Å². The maximum atomic E-state index is 12.7. The Kier molecular flexibility index (Phi) is 5.61. The predicted molar refractivity (Wildman–Crippen MR) is 106 cm³/mol. The molecule has 0 atom stereocenters. The van der Waals surface area contributed by atoms with Crippen LogP contribution in [0.3, 0.4) is 0 Å². The molecular formula is C20H17BrN2O4. The molecule has 3 rings (SSSR count). The number of amides is 2. The zero-order chi connectivity index (χ0) is 19.4. The lowest BCUT2D eigenvalue weighted by molar-refractivity contribution is -0.117. The minimum atomic E-state index is -0.471. The Bertz CT molecular complexity index is 925. The molecule has 1 aliphatic heterocycles. The van der Waals surface area contributed by atoms with Gasteiger partial charge in [0.15, 0.2) is 11.5 Å². The third-order valence-electron chi connectivity index (χ3n) is 3.85. The number of carbonyl (C=O) groups excluding carboxylic acids is 2. The van der Waals surface area contributed by atoms with Gasteiger partial charge < -0.3 is 9.47 Å². The summed E-state index contributed by atoms with van der Waals surface area (Å²) in [6.07, 6.45) is 3.15. The average molecular weight is 429 g/mol. The number of nitrogens with zero attached hydrogens (tertiary/aromatic N) is 1. The third-order valence-corrected chi connectivity index (χ3v) is 4.53. The summed E-state index contributed by atoms with van der Waals surface area (Å²) >= 11 is 3.45. The number of anilines is 1. The Balaban J connectivity index is 1.95. The van der Waals surface area contributed by atoms with Gasteiger partial charge in [0.1, 0.15) is 12.2 Å².